The molecule has 132 valence electrons. The monoisotopic (exact) mass is 370 g/mol. The van der Waals surface area contributed by atoms with Crippen LogP contribution in [0.15, 0.2) is 28.2 Å². The van der Waals surface area contributed by atoms with Crippen LogP contribution in [-0.4, -0.2) is 40.7 Å². The number of rotatable bonds is 10. The van der Waals surface area contributed by atoms with E-state index in [0.29, 0.717) is 29.1 Å². The Bertz CT molecular complexity index is 721. The molecule has 0 amide bonds. The SMILES string of the molecule is COCCCn1c(SCCCCCO)nc2cc(Cl)ccc2c1=O. The molecular weight excluding hydrogens is 348 g/mol. The smallest absolute Gasteiger partial charge is 0.262 e. The number of unbranched alkanes of at least 4 members (excludes halogenated alkanes) is 2. The lowest BCUT2D eigenvalue weighted by Gasteiger charge is -2.13. The van der Waals surface area contributed by atoms with Gasteiger partial charge < -0.3 is 9.84 Å². The average Bonchev–Trinajstić information content (AvgIpc) is 2.57. The molecule has 1 aromatic carbocycles. The summed E-state index contributed by atoms with van der Waals surface area (Å²) in [6, 6.07) is 5.18. The first-order chi connectivity index (χ1) is 11.7. The minimum atomic E-state index is -0.0365. The third-order valence-corrected chi connectivity index (χ3v) is 4.94. The lowest BCUT2D eigenvalue weighted by molar-refractivity contribution is 0.189. The minimum absolute atomic E-state index is 0.0365. The molecule has 1 heterocycles. The van der Waals surface area contributed by atoms with E-state index in [9.17, 15) is 4.79 Å². The van der Waals surface area contributed by atoms with Crippen molar-refractivity contribution in [3.05, 3.63) is 33.6 Å². The van der Waals surface area contributed by atoms with Gasteiger partial charge in [-0.15, -0.1) is 0 Å². The van der Waals surface area contributed by atoms with Crippen LogP contribution >= 0.6 is 23.4 Å². The Labute approximate surface area is 151 Å². The van der Waals surface area contributed by atoms with Crippen molar-refractivity contribution in [2.24, 2.45) is 0 Å². The normalized spacial score (nSPS) is 11.3. The second kappa shape index (κ2) is 10.0. The number of fused-ring (bicyclic) bond motifs is 1. The summed E-state index contributed by atoms with van der Waals surface area (Å²) in [5.41, 5.74) is 0.596. The Morgan fingerprint density at radius 2 is 2.12 bits per heavy atom. The Morgan fingerprint density at radius 1 is 1.29 bits per heavy atom. The number of thioether (sulfide) groups is 1. The van der Waals surface area contributed by atoms with Gasteiger partial charge in [-0.3, -0.25) is 9.36 Å². The fraction of sp³-hybridized carbons (Fsp3) is 0.529. The van der Waals surface area contributed by atoms with Crippen molar-refractivity contribution in [3.8, 4) is 0 Å². The second-order valence-corrected chi connectivity index (χ2v) is 6.99. The predicted molar refractivity (Wildman–Crippen MR) is 99.2 cm³/mol. The van der Waals surface area contributed by atoms with Gasteiger partial charge in [-0.2, -0.15) is 0 Å². The molecular formula is C17H23ClN2O3S. The zero-order valence-electron chi connectivity index (χ0n) is 13.8. The molecule has 2 aromatic rings. The Kier molecular flexibility index (Phi) is 8.05. The van der Waals surface area contributed by atoms with E-state index in [2.05, 4.69) is 4.98 Å². The third kappa shape index (κ3) is 5.21. The summed E-state index contributed by atoms with van der Waals surface area (Å²) >= 11 is 7.61. The molecule has 24 heavy (non-hydrogen) atoms. The quantitative estimate of drug-likeness (QED) is 0.395. The van der Waals surface area contributed by atoms with Crippen LogP contribution in [0.1, 0.15) is 25.7 Å². The van der Waals surface area contributed by atoms with E-state index in [1.807, 2.05) is 0 Å². The highest BCUT2D eigenvalue weighted by Crippen LogP contribution is 2.21. The summed E-state index contributed by atoms with van der Waals surface area (Å²) in [6.07, 6.45) is 3.51. The van der Waals surface area contributed by atoms with Crippen molar-refractivity contribution in [2.75, 3.05) is 26.1 Å². The van der Waals surface area contributed by atoms with Gasteiger partial charge in [0.25, 0.3) is 5.56 Å². The first-order valence-electron chi connectivity index (χ1n) is 8.10. The first-order valence-corrected chi connectivity index (χ1v) is 9.46. The molecule has 0 aliphatic heterocycles. The lowest BCUT2D eigenvalue weighted by atomic mass is 10.2. The van der Waals surface area contributed by atoms with Gasteiger partial charge in [0.15, 0.2) is 5.16 Å². The fourth-order valence-corrected chi connectivity index (χ4v) is 3.59. The molecule has 0 fully saturated rings. The maximum atomic E-state index is 12.8. The van der Waals surface area contributed by atoms with E-state index in [1.54, 1.807) is 41.6 Å². The summed E-state index contributed by atoms with van der Waals surface area (Å²) in [4.78, 5) is 17.4. The van der Waals surface area contributed by atoms with Gasteiger partial charge in [-0.25, -0.2) is 4.98 Å². The van der Waals surface area contributed by atoms with E-state index >= 15 is 0 Å². The molecule has 0 radical (unpaired) electrons. The van der Waals surface area contributed by atoms with Crippen LogP contribution in [0.5, 0.6) is 0 Å². The molecule has 0 unspecified atom stereocenters. The fourth-order valence-electron chi connectivity index (χ4n) is 2.40. The molecule has 0 aliphatic carbocycles. The number of methoxy groups -OCH3 is 1. The molecule has 0 bridgehead atoms. The molecule has 0 saturated heterocycles. The number of aliphatic hydroxyl groups is 1. The Morgan fingerprint density at radius 3 is 2.88 bits per heavy atom. The molecule has 5 nitrogen and oxygen atoms in total. The van der Waals surface area contributed by atoms with Gasteiger partial charge in [0.1, 0.15) is 0 Å². The maximum absolute atomic E-state index is 12.8. The molecule has 0 saturated carbocycles. The van der Waals surface area contributed by atoms with Gasteiger partial charge in [0.2, 0.25) is 0 Å². The highest BCUT2D eigenvalue weighted by atomic mass is 35.5. The largest absolute Gasteiger partial charge is 0.396 e. The van der Waals surface area contributed by atoms with Crippen molar-refractivity contribution in [2.45, 2.75) is 37.4 Å². The zero-order chi connectivity index (χ0) is 17.4. The number of nitrogens with zero attached hydrogens (tertiary/aromatic N) is 2. The summed E-state index contributed by atoms with van der Waals surface area (Å²) in [5.74, 6) is 0.864. The number of aromatic nitrogens is 2. The average molecular weight is 371 g/mol. The number of ether oxygens (including phenoxy) is 1. The number of halogens is 1. The summed E-state index contributed by atoms with van der Waals surface area (Å²) in [6.45, 7) is 1.40. The Balaban J connectivity index is 2.26. The molecule has 7 heteroatoms. The van der Waals surface area contributed by atoms with Crippen LogP contribution < -0.4 is 5.56 Å². The predicted octanol–water partition coefficient (Wildman–Crippen LogP) is 3.34. The van der Waals surface area contributed by atoms with Crippen molar-refractivity contribution >= 4 is 34.3 Å². The van der Waals surface area contributed by atoms with Gasteiger partial charge in [0.05, 0.1) is 10.9 Å². The van der Waals surface area contributed by atoms with Crippen molar-refractivity contribution < 1.29 is 9.84 Å². The Hall–Kier alpha value is -1.08. The molecule has 0 aliphatic rings. The highest BCUT2D eigenvalue weighted by molar-refractivity contribution is 7.99. The first kappa shape index (κ1) is 19.2. The van der Waals surface area contributed by atoms with Gasteiger partial charge >= 0.3 is 0 Å². The highest BCUT2D eigenvalue weighted by Gasteiger charge is 2.12. The third-order valence-electron chi connectivity index (χ3n) is 3.65. The molecule has 0 atom stereocenters. The van der Waals surface area contributed by atoms with Gasteiger partial charge in [-0.1, -0.05) is 29.8 Å². The van der Waals surface area contributed by atoms with Crippen LogP contribution in [-0.2, 0) is 11.3 Å². The van der Waals surface area contributed by atoms with Crippen LogP contribution in [0.3, 0.4) is 0 Å². The zero-order valence-corrected chi connectivity index (χ0v) is 15.4. The number of hydrogen-bond donors (Lipinski definition) is 1. The van der Waals surface area contributed by atoms with E-state index in [-0.39, 0.29) is 12.2 Å². The van der Waals surface area contributed by atoms with Crippen LogP contribution in [0, 0.1) is 0 Å². The molecule has 2 rings (SSSR count). The summed E-state index contributed by atoms with van der Waals surface area (Å²) in [5, 5.41) is 10.7. The van der Waals surface area contributed by atoms with Gasteiger partial charge in [0, 0.05) is 37.6 Å². The van der Waals surface area contributed by atoms with Gasteiger partial charge in [-0.05, 0) is 37.5 Å². The molecule has 1 N–H and O–H groups in total. The standard InChI is InChI=1S/C17H23ClN2O3S/c1-23-10-5-8-20-16(22)14-7-6-13(18)12-15(14)19-17(20)24-11-4-2-3-9-21/h6-7,12,21H,2-5,8-11H2,1H3. The van der Waals surface area contributed by atoms with E-state index in [0.717, 1.165) is 36.6 Å². The summed E-state index contributed by atoms with van der Waals surface area (Å²) in [7, 11) is 1.65. The van der Waals surface area contributed by atoms with E-state index < -0.39 is 0 Å². The number of benzene rings is 1. The second-order valence-electron chi connectivity index (χ2n) is 5.49. The van der Waals surface area contributed by atoms with E-state index in [1.165, 1.54) is 0 Å². The van der Waals surface area contributed by atoms with Crippen LogP contribution in [0.2, 0.25) is 5.02 Å². The minimum Gasteiger partial charge on any atom is -0.396 e. The van der Waals surface area contributed by atoms with Crippen molar-refractivity contribution in [1.82, 2.24) is 9.55 Å². The molecule has 1 aromatic heterocycles. The van der Waals surface area contributed by atoms with Crippen molar-refractivity contribution in [1.29, 1.82) is 0 Å². The maximum Gasteiger partial charge on any atom is 0.262 e. The molecule has 0 spiro atoms. The summed E-state index contributed by atoms with van der Waals surface area (Å²) < 4.78 is 6.82. The number of hydrogen-bond acceptors (Lipinski definition) is 5. The van der Waals surface area contributed by atoms with E-state index in [4.69, 9.17) is 21.4 Å². The lowest BCUT2D eigenvalue weighted by Crippen LogP contribution is -2.24. The number of aliphatic hydroxyl groups excluding tert-OH is 1. The van der Waals surface area contributed by atoms with Crippen LogP contribution in [0.25, 0.3) is 10.9 Å². The van der Waals surface area contributed by atoms with Crippen molar-refractivity contribution in [3.63, 3.8) is 0 Å². The van der Waals surface area contributed by atoms with Crippen LogP contribution in [0.4, 0.5) is 0 Å². The topological polar surface area (TPSA) is 64.3 Å².